The molecule has 0 heterocycles. The van der Waals surface area contributed by atoms with Crippen molar-refractivity contribution in [3.05, 3.63) is 34.3 Å². The first kappa shape index (κ1) is 15.5. The number of alkyl halides is 3. The summed E-state index contributed by atoms with van der Waals surface area (Å²) in [5.74, 6) is 0. The Morgan fingerprint density at radius 2 is 1.94 bits per heavy atom. The summed E-state index contributed by atoms with van der Waals surface area (Å²) < 4.78 is 43.4. The van der Waals surface area contributed by atoms with Gasteiger partial charge in [0.2, 0.25) is 0 Å². The minimum Gasteiger partial charge on any atom is -0.360 e. The second-order valence-corrected chi connectivity index (χ2v) is 4.74. The molecule has 0 radical (unpaired) electrons. The lowest BCUT2D eigenvalue weighted by molar-refractivity contribution is -0.227. The zero-order chi connectivity index (χ0) is 13.8. The van der Waals surface area contributed by atoms with Crippen LogP contribution < -0.4 is 5.32 Å². The fraction of sp³-hybridized carbons (Fsp3) is 0.500. The summed E-state index contributed by atoms with van der Waals surface area (Å²) in [7, 11) is 1.67. The van der Waals surface area contributed by atoms with Crippen molar-refractivity contribution in [1.82, 2.24) is 5.32 Å². The average molecular weight is 326 g/mol. The second-order valence-electron chi connectivity index (χ2n) is 3.89. The van der Waals surface area contributed by atoms with Crippen molar-refractivity contribution in [2.75, 3.05) is 13.6 Å². The number of benzene rings is 1. The summed E-state index contributed by atoms with van der Waals surface area (Å²) in [5, 5.41) is 2.84. The summed E-state index contributed by atoms with van der Waals surface area (Å²) in [5.41, 5.74) is 0.697. The lowest BCUT2D eigenvalue weighted by Gasteiger charge is -2.25. The third-order valence-electron chi connectivity index (χ3n) is 2.47. The van der Waals surface area contributed by atoms with Crippen LogP contribution in [-0.2, 0) is 4.74 Å². The van der Waals surface area contributed by atoms with Crippen LogP contribution in [0.2, 0.25) is 0 Å². The van der Waals surface area contributed by atoms with Crippen molar-refractivity contribution in [3.63, 3.8) is 0 Å². The van der Waals surface area contributed by atoms with Crippen LogP contribution in [0.1, 0.15) is 18.6 Å². The van der Waals surface area contributed by atoms with E-state index in [1.807, 2.05) is 0 Å². The third-order valence-corrected chi connectivity index (χ3v) is 3.19. The number of rotatable bonds is 5. The van der Waals surface area contributed by atoms with E-state index in [9.17, 15) is 13.2 Å². The second kappa shape index (κ2) is 6.54. The van der Waals surface area contributed by atoms with E-state index in [4.69, 9.17) is 4.74 Å². The van der Waals surface area contributed by atoms with Gasteiger partial charge in [0.05, 0.1) is 6.10 Å². The first-order chi connectivity index (χ1) is 8.36. The first-order valence-electron chi connectivity index (χ1n) is 5.47. The zero-order valence-electron chi connectivity index (χ0n) is 10.1. The molecular weight excluding hydrogens is 311 g/mol. The van der Waals surface area contributed by atoms with Crippen LogP contribution in [0.4, 0.5) is 13.2 Å². The van der Waals surface area contributed by atoms with Gasteiger partial charge in [0.25, 0.3) is 0 Å². The van der Waals surface area contributed by atoms with E-state index in [0.717, 1.165) is 11.4 Å². The quantitative estimate of drug-likeness (QED) is 0.891. The molecule has 2 unspecified atom stereocenters. The molecular formula is C12H15BrF3NO. The molecule has 0 saturated heterocycles. The standard InChI is InChI=1S/C12H15BrF3NO/c1-8(12(14,15)16)18-11(7-17-2)9-5-3-4-6-10(9)13/h3-6,8,11,17H,7H2,1-2H3. The maximum absolute atomic E-state index is 12.5. The Bertz CT molecular complexity index is 384. The van der Waals surface area contributed by atoms with E-state index in [2.05, 4.69) is 21.2 Å². The normalized spacial score (nSPS) is 15.4. The zero-order valence-corrected chi connectivity index (χ0v) is 11.7. The topological polar surface area (TPSA) is 21.3 Å². The number of nitrogens with one attached hydrogen (secondary N) is 1. The number of hydrogen-bond acceptors (Lipinski definition) is 2. The molecule has 0 bridgehead atoms. The van der Waals surface area contributed by atoms with Gasteiger partial charge < -0.3 is 10.1 Å². The minimum absolute atomic E-state index is 0.309. The lowest BCUT2D eigenvalue weighted by atomic mass is 10.1. The molecule has 0 spiro atoms. The highest BCUT2D eigenvalue weighted by molar-refractivity contribution is 9.10. The molecule has 0 amide bonds. The highest BCUT2D eigenvalue weighted by Gasteiger charge is 2.38. The van der Waals surface area contributed by atoms with Gasteiger partial charge in [0.15, 0.2) is 6.10 Å². The predicted octanol–water partition coefficient (Wildman–Crippen LogP) is 3.68. The minimum atomic E-state index is -4.35. The van der Waals surface area contributed by atoms with E-state index in [0.29, 0.717) is 12.1 Å². The van der Waals surface area contributed by atoms with Gasteiger partial charge >= 0.3 is 6.18 Å². The Labute approximate surface area is 113 Å². The smallest absolute Gasteiger partial charge is 0.360 e. The first-order valence-corrected chi connectivity index (χ1v) is 6.26. The summed E-state index contributed by atoms with van der Waals surface area (Å²) in [6, 6.07) is 7.09. The van der Waals surface area contributed by atoms with Crippen LogP contribution in [0.3, 0.4) is 0 Å². The fourth-order valence-electron chi connectivity index (χ4n) is 1.48. The van der Waals surface area contributed by atoms with Gasteiger partial charge in [0, 0.05) is 11.0 Å². The van der Waals surface area contributed by atoms with Crippen LogP contribution in [0.15, 0.2) is 28.7 Å². The van der Waals surface area contributed by atoms with Gasteiger partial charge in [-0.25, -0.2) is 0 Å². The predicted molar refractivity (Wildman–Crippen MR) is 67.4 cm³/mol. The van der Waals surface area contributed by atoms with Crippen LogP contribution in [0.25, 0.3) is 0 Å². The Balaban J connectivity index is 2.87. The molecule has 6 heteroatoms. The maximum Gasteiger partial charge on any atom is 0.414 e. The molecule has 2 atom stereocenters. The van der Waals surface area contributed by atoms with E-state index in [1.54, 1.807) is 31.3 Å². The monoisotopic (exact) mass is 325 g/mol. The highest BCUT2D eigenvalue weighted by Crippen LogP contribution is 2.31. The van der Waals surface area contributed by atoms with Crippen molar-refractivity contribution >= 4 is 15.9 Å². The van der Waals surface area contributed by atoms with Crippen LogP contribution in [0.5, 0.6) is 0 Å². The van der Waals surface area contributed by atoms with Gasteiger partial charge in [-0.3, -0.25) is 0 Å². The van der Waals surface area contributed by atoms with Gasteiger partial charge in [-0.15, -0.1) is 0 Å². The average Bonchev–Trinajstić information content (AvgIpc) is 2.28. The van der Waals surface area contributed by atoms with Gasteiger partial charge in [-0.2, -0.15) is 13.2 Å². The fourth-order valence-corrected chi connectivity index (χ4v) is 2.02. The van der Waals surface area contributed by atoms with E-state index in [-0.39, 0.29) is 0 Å². The number of ether oxygens (including phenoxy) is 1. The number of hydrogen-bond donors (Lipinski definition) is 1. The molecule has 1 rings (SSSR count). The molecule has 1 aromatic rings. The highest BCUT2D eigenvalue weighted by atomic mass is 79.9. The molecule has 0 aliphatic carbocycles. The molecule has 1 N–H and O–H groups in total. The Morgan fingerprint density at radius 3 is 2.44 bits per heavy atom. The van der Waals surface area contributed by atoms with Crippen molar-refractivity contribution in [2.24, 2.45) is 0 Å². The van der Waals surface area contributed by atoms with Gasteiger partial charge in [0.1, 0.15) is 0 Å². The van der Waals surface area contributed by atoms with E-state index < -0.39 is 18.4 Å². The van der Waals surface area contributed by atoms with Crippen molar-refractivity contribution in [3.8, 4) is 0 Å². The molecule has 0 saturated carbocycles. The Morgan fingerprint density at radius 1 is 1.33 bits per heavy atom. The molecule has 18 heavy (non-hydrogen) atoms. The van der Waals surface area contributed by atoms with Crippen molar-refractivity contribution in [1.29, 1.82) is 0 Å². The Kier molecular flexibility index (Phi) is 5.62. The largest absolute Gasteiger partial charge is 0.414 e. The van der Waals surface area contributed by atoms with Gasteiger partial charge in [-0.05, 0) is 25.6 Å². The van der Waals surface area contributed by atoms with E-state index >= 15 is 0 Å². The van der Waals surface area contributed by atoms with Crippen LogP contribution >= 0.6 is 15.9 Å². The molecule has 0 aliphatic rings. The maximum atomic E-state index is 12.5. The molecule has 0 aliphatic heterocycles. The SMILES string of the molecule is CNCC(OC(C)C(F)(F)F)c1ccccc1Br. The molecule has 102 valence electrons. The van der Waals surface area contributed by atoms with Gasteiger partial charge in [-0.1, -0.05) is 34.1 Å². The van der Waals surface area contributed by atoms with E-state index in [1.165, 1.54) is 0 Å². The lowest BCUT2D eigenvalue weighted by Crippen LogP contribution is -2.33. The number of halogens is 4. The summed E-state index contributed by atoms with van der Waals surface area (Å²) >= 11 is 3.32. The summed E-state index contributed by atoms with van der Waals surface area (Å²) in [6.07, 6.45) is -6.81. The molecule has 0 aromatic heterocycles. The van der Waals surface area contributed by atoms with Crippen molar-refractivity contribution < 1.29 is 17.9 Å². The van der Waals surface area contributed by atoms with Crippen LogP contribution in [-0.4, -0.2) is 25.9 Å². The molecule has 0 fully saturated rings. The molecule has 1 aromatic carbocycles. The summed E-state index contributed by atoms with van der Waals surface area (Å²) in [6.45, 7) is 1.32. The third kappa shape index (κ3) is 4.26. The summed E-state index contributed by atoms with van der Waals surface area (Å²) in [4.78, 5) is 0. The Hall–Kier alpha value is -0.590. The van der Waals surface area contributed by atoms with Crippen LogP contribution in [0, 0.1) is 0 Å². The number of likely N-dealkylation sites (N-methyl/N-ethyl adjacent to an activating group) is 1. The molecule has 2 nitrogen and oxygen atoms in total. The van der Waals surface area contributed by atoms with Crippen molar-refractivity contribution in [2.45, 2.75) is 25.3 Å².